The van der Waals surface area contributed by atoms with Crippen LogP contribution in [0.25, 0.3) is 0 Å². The van der Waals surface area contributed by atoms with Crippen LogP contribution in [0, 0.1) is 0 Å². The monoisotopic (exact) mass is 279 g/mol. The number of nitrogen functional groups attached to an aromatic ring is 1. The Labute approximate surface area is 126 Å². The van der Waals surface area contributed by atoms with Crippen LogP contribution in [-0.4, -0.2) is 13.1 Å². The summed E-state index contributed by atoms with van der Waals surface area (Å²) >= 11 is 0. The highest BCUT2D eigenvalue weighted by molar-refractivity contribution is 5.59. The minimum Gasteiger partial charge on any atom is -0.399 e. The van der Waals surface area contributed by atoms with E-state index in [2.05, 4.69) is 46.2 Å². The molecule has 0 saturated carbocycles. The lowest BCUT2D eigenvalue weighted by Crippen LogP contribution is -2.18. The van der Waals surface area contributed by atoms with Gasteiger partial charge in [0.05, 0.1) is 0 Å². The lowest BCUT2D eigenvalue weighted by atomic mass is 10.1. The third kappa shape index (κ3) is 2.33. The van der Waals surface area contributed by atoms with E-state index < -0.39 is 0 Å². The summed E-state index contributed by atoms with van der Waals surface area (Å²) in [4.78, 5) is 4.89. The van der Waals surface area contributed by atoms with Crippen molar-refractivity contribution in [2.45, 2.75) is 25.9 Å². The lowest BCUT2D eigenvalue weighted by Gasteiger charge is -2.21. The summed E-state index contributed by atoms with van der Waals surface area (Å²) in [6.45, 7) is 4.35. The van der Waals surface area contributed by atoms with Crippen LogP contribution in [-0.2, 0) is 13.1 Å². The molecule has 0 unspecified atom stereocenters. The van der Waals surface area contributed by atoms with Gasteiger partial charge in [0.2, 0.25) is 0 Å². The molecule has 3 heteroatoms. The molecule has 3 nitrogen and oxygen atoms in total. The van der Waals surface area contributed by atoms with Crippen molar-refractivity contribution < 1.29 is 0 Å². The number of anilines is 3. The Morgan fingerprint density at radius 2 is 1.33 bits per heavy atom. The van der Waals surface area contributed by atoms with E-state index in [9.17, 15) is 0 Å². The molecule has 108 valence electrons. The molecule has 0 aromatic heterocycles. The Morgan fingerprint density at radius 1 is 0.714 bits per heavy atom. The largest absolute Gasteiger partial charge is 0.399 e. The van der Waals surface area contributed by atoms with Gasteiger partial charge >= 0.3 is 0 Å². The number of benzene rings is 2. The van der Waals surface area contributed by atoms with Gasteiger partial charge in [0.15, 0.2) is 0 Å². The summed E-state index contributed by atoms with van der Waals surface area (Å²) < 4.78 is 0. The Bertz CT molecular complexity index is 642. The van der Waals surface area contributed by atoms with Crippen LogP contribution < -0.4 is 15.5 Å². The zero-order valence-electron chi connectivity index (χ0n) is 12.3. The van der Waals surface area contributed by atoms with Gasteiger partial charge in [-0.3, -0.25) is 0 Å². The van der Waals surface area contributed by atoms with Crippen LogP contribution >= 0.6 is 0 Å². The fraction of sp³-hybridized carbons (Fsp3) is 0.333. The van der Waals surface area contributed by atoms with E-state index in [0.29, 0.717) is 0 Å². The lowest BCUT2D eigenvalue weighted by molar-refractivity contribution is 0.879. The van der Waals surface area contributed by atoms with E-state index >= 15 is 0 Å². The van der Waals surface area contributed by atoms with E-state index in [0.717, 1.165) is 18.8 Å². The van der Waals surface area contributed by atoms with Gasteiger partial charge in [-0.05, 0) is 60.4 Å². The summed E-state index contributed by atoms with van der Waals surface area (Å²) in [6.07, 6.45) is 2.65. The standard InChI is InChI=1S/C18H21N3/c19-16-4-3-14-12-21(13-15(14)11-16)18-7-5-17(6-8-18)20-9-1-2-10-20/h3-8,11H,1-2,9-10,12-13,19H2. The highest BCUT2D eigenvalue weighted by Crippen LogP contribution is 2.31. The van der Waals surface area contributed by atoms with Crippen LogP contribution in [0.5, 0.6) is 0 Å². The molecule has 2 aromatic rings. The zero-order chi connectivity index (χ0) is 14.2. The summed E-state index contributed by atoms with van der Waals surface area (Å²) in [5, 5.41) is 0. The van der Waals surface area contributed by atoms with Crippen molar-refractivity contribution in [1.29, 1.82) is 0 Å². The van der Waals surface area contributed by atoms with Crippen LogP contribution in [0.3, 0.4) is 0 Å². The fourth-order valence-electron chi connectivity index (χ4n) is 3.45. The predicted octanol–water partition coefficient (Wildman–Crippen LogP) is 3.39. The molecule has 2 aromatic carbocycles. The van der Waals surface area contributed by atoms with Crippen molar-refractivity contribution in [3.63, 3.8) is 0 Å². The second-order valence-electron chi connectivity index (χ2n) is 6.09. The van der Waals surface area contributed by atoms with Crippen molar-refractivity contribution in [2.24, 2.45) is 0 Å². The summed E-state index contributed by atoms with van der Waals surface area (Å²) in [6, 6.07) is 15.3. The van der Waals surface area contributed by atoms with Crippen molar-refractivity contribution in [2.75, 3.05) is 28.6 Å². The molecule has 2 aliphatic rings. The van der Waals surface area contributed by atoms with Gasteiger partial charge < -0.3 is 15.5 Å². The van der Waals surface area contributed by atoms with Gasteiger partial charge in [-0.15, -0.1) is 0 Å². The zero-order valence-corrected chi connectivity index (χ0v) is 12.3. The Kier molecular flexibility index (Phi) is 2.99. The first-order valence-corrected chi connectivity index (χ1v) is 7.77. The summed E-state index contributed by atoms with van der Waals surface area (Å²) in [7, 11) is 0. The molecule has 0 bridgehead atoms. The minimum atomic E-state index is 0.861. The molecule has 0 amide bonds. The molecule has 1 fully saturated rings. The molecule has 0 atom stereocenters. The van der Waals surface area contributed by atoms with Gasteiger partial charge in [0.25, 0.3) is 0 Å². The third-order valence-electron chi connectivity index (χ3n) is 4.64. The molecule has 0 spiro atoms. The Balaban J connectivity index is 1.53. The SMILES string of the molecule is Nc1ccc2c(c1)CN(c1ccc(N3CCCC3)cc1)C2. The predicted molar refractivity (Wildman–Crippen MR) is 88.6 cm³/mol. The number of hydrogen-bond acceptors (Lipinski definition) is 3. The van der Waals surface area contributed by atoms with Gasteiger partial charge in [0, 0.05) is 43.2 Å². The van der Waals surface area contributed by atoms with E-state index in [1.54, 1.807) is 0 Å². The van der Waals surface area contributed by atoms with E-state index in [-0.39, 0.29) is 0 Å². The number of fused-ring (bicyclic) bond motifs is 1. The Morgan fingerprint density at radius 3 is 2.05 bits per heavy atom. The second kappa shape index (κ2) is 4.99. The maximum absolute atomic E-state index is 5.88. The minimum absolute atomic E-state index is 0.861. The normalized spacial score (nSPS) is 17.3. The molecular formula is C18H21N3. The molecule has 0 radical (unpaired) electrons. The quantitative estimate of drug-likeness (QED) is 0.855. The average molecular weight is 279 g/mol. The van der Waals surface area contributed by atoms with Crippen molar-refractivity contribution >= 4 is 17.1 Å². The molecule has 1 saturated heterocycles. The van der Waals surface area contributed by atoms with E-state index in [4.69, 9.17) is 5.73 Å². The van der Waals surface area contributed by atoms with Crippen LogP contribution in [0.4, 0.5) is 17.1 Å². The van der Waals surface area contributed by atoms with Gasteiger partial charge in [-0.1, -0.05) is 6.07 Å². The molecule has 2 N–H and O–H groups in total. The van der Waals surface area contributed by atoms with Crippen LogP contribution in [0.1, 0.15) is 24.0 Å². The van der Waals surface area contributed by atoms with Crippen molar-refractivity contribution in [3.8, 4) is 0 Å². The number of rotatable bonds is 2. The highest BCUT2D eigenvalue weighted by Gasteiger charge is 2.19. The highest BCUT2D eigenvalue weighted by atomic mass is 15.2. The van der Waals surface area contributed by atoms with E-state index in [1.165, 1.54) is 48.4 Å². The molecule has 0 aliphatic carbocycles. The number of hydrogen-bond donors (Lipinski definition) is 1. The fourth-order valence-corrected chi connectivity index (χ4v) is 3.45. The Hall–Kier alpha value is -2.16. The van der Waals surface area contributed by atoms with Crippen LogP contribution in [0.2, 0.25) is 0 Å². The first-order chi connectivity index (χ1) is 10.3. The van der Waals surface area contributed by atoms with Crippen LogP contribution in [0.15, 0.2) is 42.5 Å². The second-order valence-corrected chi connectivity index (χ2v) is 6.09. The molecule has 2 aliphatic heterocycles. The average Bonchev–Trinajstić information content (AvgIpc) is 3.16. The summed E-state index contributed by atoms with van der Waals surface area (Å²) in [5.74, 6) is 0. The van der Waals surface area contributed by atoms with Crippen molar-refractivity contribution in [3.05, 3.63) is 53.6 Å². The molecular weight excluding hydrogens is 258 g/mol. The van der Waals surface area contributed by atoms with E-state index in [1.807, 2.05) is 6.07 Å². The topological polar surface area (TPSA) is 32.5 Å². The van der Waals surface area contributed by atoms with Crippen molar-refractivity contribution in [1.82, 2.24) is 0 Å². The van der Waals surface area contributed by atoms with Gasteiger partial charge in [-0.25, -0.2) is 0 Å². The maximum atomic E-state index is 5.88. The smallest absolute Gasteiger partial charge is 0.0437 e. The molecule has 21 heavy (non-hydrogen) atoms. The third-order valence-corrected chi connectivity index (χ3v) is 4.64. The summed E-state index contributed by atoms with van der Waals surface area (Å²) in [5.41, 5.74) is 12.2. The number of nitrogens with two attached hydrogens (primary N) is 1. The first-order valence-electron chi connectivity index (χ1n) is 7.77. The van der Waals surface area contributed by atoms with Gasteiger partial charge in [-0.2, -0.15) is 0 Å². The van der Waals surface area contributed by atoms with Gasteiger partial charge in [0.1, 0.15) is 0 Å². The maximum Gasteiger partial charge on any atom is 0.0437 e. The first kappa shape index (κ1) is 12.6. The molecule has 2 heterocycles. The number of nitrogens with zero attached hydrogens (tertiary/aromatic N) is 2. The molecule has 4 rings (SSSR count).